The summed E-state index contributed by atoms with van der Waals surface area (Å²) in [5, 5.41) is 6.79. The van der Waals surface area contributed by atoms with Gasteiger partial charge in [0.05, 0.1) is 13.2 Å². The van der Waals surface area contributed by atoms with Crippen molar-refractivity contribution in [2.24, 2.45) is 0 Å². The highest BCUT2D eigenvalue weighted by molar-refractivity contribution is 5.76. The molecule has 10 heteroatoms. The maximum Gasteiger partial charge on any atom is 0.328 e. The van der Waals surface area contributed by atoms with Crippen LogP contribution in [-0.2, 0) is 16.1 Å². The largest absolute Gasteiger partial charge is 0.366 e. The Bertz CT molecular complexity index is 822. The normalized spacial score (nSPS) is 18.1. The third-order valence-corrected chi connectivity index (χ3v) is 3.52. The van der Waals surface area contributed by atoms with Gasteiger partial charge in [0.2, 0.25) is 5.91 Å². The van der Waals surface area contributed by atoms with Gasteiger partial charge in [0, 0.05) is 18.8 Å². The first kappa shape index (κ1) is 15.2. The zero-order valence-corrected chi connectivity index (χ0v) is 12.5. The number of nitrogens with zero attached hydrogens (tertiary/aromatic N) is 4. The molecule has 1 amide bonds. The van der Waals surface area contributed by atoms with Crippen molar-refractivity contribution in [1.82, 2.24) is 29.6 Å². The van der Waals surface area contributed by atoms with Crippen LogP contribution in [0.15, 0.2) is 21.9 Å². The summed E-state index contributed by atoms with van der Waals surface area (Å²) in [5.74, 6) is 0.938. The standard InChI is InChI=1S/C13H16N6O4/c1-8-14-12(17-16-8)9-6-18(4-5-23-9)11(21)7-19-3-2-10(20)15-13(19)22/h2-3,9H,4-7H2,1H3,(H,14,16,17)(H,15,20,22). The number of carbonyl (C=O) groups is 1. The highest BCUT2D eigenvalue weighted by Gasteiger charge is 2.28. The van der Waals surface area contributed by atoms with Crippen molar-refractivity contribution in [2.75, 3.05) is 19.7 Å². The van der Waals surface area contributed by atoms with Gasteiger partial charge in [-0.25, -0.2) is 9.78 Å². The van der Waals surface area contributed by atoms with Crippen molar-refractivity contribution in [3.63, 3.8) is 0 Å². The number of morpholine rings is 1. The molecule has 0 spiro atoms. The average molecular weight is 320 g/mol. The van der Waals surface area contributed by atoms with E-state index in [0.29, 0.717) is 31.3 Å². The van der Waals surface area contributed by atoms with E-state index >= 15 is 0 Å². The van der Waals surface area contributed by atoms with E-state index in [4.69, 9.17) is 4.74 Å². The molecule has 23 heavy (non-hydrogen) atoms. The average Bonchev–Trinajstić information content (AvgIpc) is 2.97. The molecule has 0 saturated carbocycles. The molecule has 0 aromatic carbocycles. The molecule has 2 aromatic heterocycles. The van der Waals surface area contributed by atoms with Crippen LogP contribution in [0, 0.1) is 6.92 Å². The number of aromatic amines is 2. The van der Waals surface area contributed by atoms with E-state index in [1.165, 1.54) is 12.3 Å². The lowest BCUT2D eigenvalue weighted by molar-refractivity contribution is -0.140. The molecule has 0 bridgehead atoms. The molecule has 2 aromatic rings. The number of nitrogens with one attached hydrogen (secondary N) is 2. The fourth-order valence-electron chi connectivity index (χ4n) is 2.35. The molecule has 0 radical (unpaired) electrons. The quantitative estimate of drug-likeness (QED) is 0.713. The Hall–Kier alpha value is -2.75. The molecular formula is C13H16N6O4. The van der Waals surface area contributed by atoms with Crippen LogP contribution in [-0.4, -0.2) is 55.2 Å². The van der Waals surface area contributed by atoms with Crippen molar-refractivity contribution in [3.8, 4) is 0 Å². The van der Waals surface area contributed by atoms with E-state index in [1.54, 1.807) is 11.8 Å². The molecule has 2 N–H and O–H groups in total. The molecule has 1 fully saturated rings. The maximum atomic E-state index is 12.4. The first-order chi connectivity index (χ1) is 11.0. The minimum absolute atomic E-state index is 0.143. The highest BCUT2D eigenvalue weighted by Crippen LogP contribution is 2.19. The summed E-state index contributed by atoms with van der Waals surface area (Å²) in [5.41, 5.74) is -1.11. The minimum Gasteiger partial charge on any atom is -0.366 e. The molecule has 1 unspecified atom stereocenters. The molecule has 10 nitrogen and oxygen atoms in total. The highest BCUT2D eigenvalue weighted by atomic mass is 16.5. The second-order valence-corrected chi connectivity index (χ2v) is 5.22. The number of carbonyl (C=O) groups excluding carboxylic acids is 1. The van der Waals surface area contributed by atoms with Gasteiger partial charge in [-0.15, -0.1) is 0 Å². The van der Waals surface area contributed by atoms with Crippen LogP contribution in [0.5, 0.6) is 0 Å². The molecule has 1 aliphatic heterocycles. The van der Waals surface area contributed by atoms with Crippen LogP contribution in [0.3, 0.4) is 0 Å². The van der Waals surface area contributed by atoms with Crippen LogP contribution in [0.25, 0.3) is 0 Å². The Kier molecular flexibility index (Phi) is 4.06. The van der Waals surface area contributed by atoms with E-state index < -0.39 is 17.4 Å². The van der Waals surface area contributed by atoms with Gasteiger partial charge in [-0.2, -0.15) is 5.10 Å². The van der Waals surface area contributed by atoms with E-state index in [0.717, 1.165) is 4.57 Å². The van der Waals surface area contributed by atoms with Gasteiger partial charge in [0.25, 0.3) is 5.56 Å². The third-order valence-electron chi connectivity index (χ3n) is 3.52. The number of aromatic nitrogens is 5. The van der Waals surface area contributed by atoms with Crippen LogP contribution in [0.4, 0.5) is 0 Å². The first-order valence-corrected chi connectivity index (χ1v) is 7.11. The van der Waals surface area contributed by atoms with Gasteiger partial charge in [-0.3, -0.25) is 24.2 Å². The number of rotatable bonds is 3. The fraction of sp³-hybridized carbons (Fsp3) is 0.462. The Balaban J connectivity index is 1.69. The fourth-order valence-corrected chi connectivity index (χ4v) is 2.35. The van der Waals surface area contributed by atoms with Gasteiger partial charge in [-0.05, 0) is 6.92 Å². The second-order valence-electron chi connectivity index (χ2n) is 5.22. The number of amides is 1. The van der Waals surface area contributed by atoms with Crippen molar-refractivity contribution < 1.29 is 9.53 Å². The molecule has 1 saturated heterocycles. The van der Waals surface area contributed by atoms with Crippen LogP contribution < -0.4 is 11.2 Å². The van der Waals surface area contributed by atoms with Crippen LogP contribution >= 0.6 is 0 Å². The zero-order valence-electron chi connectivity index (χ0n) is 12.5. The number of hydrogen-bond donors (Lipinski definition) is 2. The third kappa shape index (κ3) is 3.37. The Labute approximate surface area is 130 Å². The molecule has 0 aliphatic carbocycles. The molecule has 122 valence electrons. The van der Waals surface area contributed by atoms with Gasteiger partial charge < -0.3 is 9.64 Å². The lowest BCUT2D eigenvalue weighted by Crippen LogP contribution is -2.45. The predicted molar refractivity (Wildman–Crippen MR) is 77.7 cm³/mol. The van der Waals surface area contributed by atoms with Gasteiger partial charge >= 0.3 is 5.69 Å². The Morgan fingerprint density at radius 1 is 1.48 bits per heavy atom. The molecular weight excluding hydrogens is 304 g/mol. The number of ether oxygens (including phenoxy) is 1. The van der Waals surface area contributed by atoms with Crippen molar-refractivity contribution in [2.45, 2.75) is 19.6 Å². The lowest BCUT2D eigenvalue weighted by Gasteiger charge is -2.31. The summed E-state index contributed by atoms with van der Waals surface area (Å²) >= 11 is 0. The summed E-state index contributed by atoms with van der Waals surface area (Å²) in [7, 11) is 0. The molecule has 3 heterocycles. The zero-order chi connectivity index (χ0) is 16.4. The maximum absolute atomic E-state index is 12.4. The van der Waals surface area contributed by atoms with E-state index in [2.05, 4.69) is 20.2 Å². The summed E-state index contributed by atoms with van der Waals surface area (Å²) in [6.07, 6.45) is 0.903. The smallest absolute Gasteiger partial charge is 0.328 e. The monoisotopic (exact) mass is 320 g/mol. The Morgan fingerprint density at radius 2 is 2.30 bits per heavy atom. The SMILES string of the molecule is Cc1nc(C2CN(C(=O)Cn3ccc(=O)[nH]c3=O)CCO2)n[nH]1. The predicted octanol–water partition coefficient (Wildman–Crippen LogP) is -1.44. The summed E-state index contributed by atoms with van der Waals surface area (Å²) in [6.45, 7) is 2.75. The van der Waals surface area contributed by atoms with Gasteiger partial charge in [0.15, 0.2) is 5.82 Å². The van der Waals surface area contributed by atoms with E-state index in [9.17, 15) is 14.4 Å². The summed E-state index contributed by atoms with van der Waals surface area (Å²) < 4.78 is 6.75. The van der Waals surface area contributed by atoms with Gasteiger partial charge in [0.1, 0.15) is 18.5 Å². The summed E-state index contributed by atoms with van der Waals surface area (Å²) in [6, 6.07) is 1.20. The second kappa shape index (κ2) is 6.16. The number of aryl methyl sites for hydroxylation is 1. The summed E-state index contributed by atoms with van der Waals surface area (Å²) in [4.78, 5) is 42.9. The van der Waals surface area contributed by atoms with Crippen molar-refractivity contribution in [1.29, 1.82) is 0 Å². The number of H-pyrrole nitrogens is 2. The topological polar surface area (TPSA) is 126 Å². The van der Waals surface area contributed by atoms with Crippen LogP contribution in [0.1, 0.15) is 17.8 Å². The van der Waals surface area contributed by atoms with E-state index in [-0.39, 0.29) is 12.5 Å². The van der Waals surface area contributed by atoms with Crippen LogP contribution in [0.2, 0.25) is 0 Å². The first-order valence-electron chi connectivity index (χ1n) is 7.11. The minimum atomic E-state index is -0.611. The van der Waals surface area contributed by atoms with Gasteiger partial charge in [-0.1, -0.05) is 0 Å². The molecule has 3 rings (SSSR count). The van der Waals surface area contributed by atoms with Crippen molar-refractivity contribution in [3.05, 3.63) is 44.8 Å². The Morgan fingerprint density at radius 3 is 3.00 bits per heavy atom. The number of hydrogen-bond acceptors (Lipinski definition) is 6. The molecule has 1 aliphatic rings. The van der Waals surface area contributed by atoms with Crippen molar-refractivity contribution >= 4 is 5.91 Å². The lowest BCUT2D eigenvalue weighted by atomic mass is 10.2. The molecule has 1 atom stereocenters. The van der Waals surface area contributed by atoms with E-state index in [1.807, 2.05) is 0 Å².